The van der Waals surface area contributed by atoms with Crippen LogP contribution in [-0.2, 0) is 15.0 Å². The van der Waals surface area contributed by atoms with E-state index in [1.165, 1.54) is 31.3 Å². The molecule has 22 heavy (non-hydrogen) atoms. The summed E-state index contributed by atoms with van der Waals surface area (Å²) in [6, 6.07) is 4.51. The number of carbonyl (C=O) groups excluding carboxylic acids is 2. The molecule has 2 aromatic rings. The third-order valence-electron chi connectivity index (χ3n) is 2.75. The highest BCUT2D eigenvalue weighted by atomic mass is 32.2. The van der Waals surface area contributed by atoms with Crippen molar-refractivity contribution in [1.29, 1.82) is 0 Å². The largest absolute Gasteiger partial charge is 0.458 e. The Hall–Kier alpha value is -2.59. The Balaban J connectivity index is 2.33. The number of anilines is 1. The number of amides is 2. The van der Waals surface area contributed by atoms with Crippen LogP contribution in [-0.4, -0.2) is 27.8 Å². The van der Waals surface area contributed by atoms with Gasteiger partial charge in [0.15, 0.2) is 0 Å². The van der Waals surface area contributed by atoms with E-state index in [1.807, 2.05) is 0 Å². The summed E-state index contributed by atoms with van der Waals surface area (Å²) >= 11 is 0. The average Bonchev–Trinajstić information content (AvgIpc) is 2.85. The molecule has 1 atom stereocenters. The summed E-state index contributed by atoms with van der Waals surface area (Å²) in [6.07, 6.45) is 0.524. The van der Waals surface area contributed by atoms with Gasteiger partial charge >= 0.3 is 6.03 Å². The topological polar surface area (TPSA) is 144 Å². The van der Waals surface area contributed by atoms with Crippen LogP contribution in [0.5, 0.6) is 0 Å². The first-order valence-corrected chi connectivity index (χ1v) is 7.64. The highest BCUT2D eigenvalue weighted by Gasteiger charge is 2.18. The van der Waals surface area contributed by atoms with Gasteiger partial charge < -0.3 is 19.8 Å². The minimum atomic E-state index is -3.88. The summed E-state index contributed by atoms with van der Waals surface area (Å²) in [5.41, 5.74) is 0.685. The van der Waals surface area contributed by atoms with Gasteiger partial charge in [-0.3, -0.25) is 4.72 Å². The Morgan fingerprint density at radius 3 is 2.68 bits per heavy atom. The van der Waals surface area contributed by atoms with Gasteiger partial charge in [-0.15, -0.1) is 0 Å². The van der Waals surface area contributed by atoms with Gasteiger partial charge in [0.25, 0.3) is 10.2 Å². The van der Waals surface area contributed by atoms with E-state index in [0.29, 0.717) is 17.3 Å². The highest BCUT2D eigenvalue weighted by Crippen LogP contribution is 2.26. The maximum Gasteiger partial charge on any atom is 0.315 e. The van der Waals surface area contributed by atoms with E-state index < -0.39 is 22.3 Å². The lowest BCUT2D eigenvalue weighted by atomic mass is 10.2. The zero-order valence-electron chi connectivity index (χ0n) is 11.5. The Morgan fingerprint density at radius 1 is 1.36 bits per heavy atom. The molecule has 0 saturated carbocycles. The second kappa shape index (κ2) is 6.03. The van der Waals surface area contributed by atoms with Crippen molar-refractivity contribution in [3.63, 3.8) is 0 Å². The van der Waals surface area contributed by atoms with Gasteiger partial charge in [0.05, 0.1) is 5.69 Å². The number of benzene rings is 1. The van der Waals surface area contributed by atoms with Crippen LogP contribution in [0.2, 0.25) is 0 Å². The van der Waals surface area contributed by atoms with Crippen LogP contribution in [0.4, 0.5) is 10.5 Å². The van der Waals surface area contributed by atoms with Gasteiger partial charge in [-0.25, -0.2) is 9.93 Å². The van der Waals surface area contributed by atoms with Crippen LogP contribution in [0.25, 0.3) is 11.0 Å². The standard InChI is InChI=1S/C12H14N4O5S/c1-14-12(18)15-9(6-17)11-5-7-4-8(16-22(13,19)20)2-3-10(7)21-11/h2-6,9,16H,1H3,(H2,13,19,20)(H2,14,15,18). The normalized spacial score (nSPS) is 12.6. The Morgan fingerprint density at radius 2 is 2.09 bits per heavy atom. The molecule has 0 fully saturated rings. The summed E-state index contributed by atoms with van der Waals surface area (Å²) in [4.78, 5) is 22.3. The number of hydrogen-bond acceptors (Lipinski definition) is 5. The van der Waals surface area contributed by atoms with E-state index in [9.17, 15) is 18.0 Å². The summed E-state index contributed by atoms with van der Waals surface area (Å²) in [5, 5.41) is 10.2. The molecule has 1 unspecified atom stereocenters. The highest BCUT2D eigenvalue weighted by molar-refractivity contribution is 7.90. The van der Waals surface area contributed by atoms with Crippen LogP contribution in [0.3, 0.4) is 0 Å². The van der Waals surface area contributed by atoms with Crippen LogP contribution in [0.1, 0.15) is 11.8 Å². The van der Waals surface area contributed by atoms with E-state index in [4.69, 9.17) is 9.56 Å². The predicted molar refractivity (Wildman–Crippen MR) is 79.3 cm³/mol. The smallest absolute Gasteiger partial charge is 0.315 e. The summed E-state index contributed by atoms with van der Waals surface area (Å²) in [5.74, 6) is 0.223. The first kappa shape index (κ1) is 15.8. The Labute approximate surface area is 126 Å². The lowest BCUT2D eigenvalue weighted by molar-refractivity contribution is -0.109. The maximum atomic E-state index is 11.3. The van der Waals surface area contributed by atoms with E-state index in [1.54, 1.807) is 0 Å². The van der Waals surface area contributed by atoms with Crippen molar-refractivity contribution in [3.8, 4) is 0 Å². The third-order valence-corrected chi connectivity index (χ3v) is 3.27. The van der Waals surface area contributed by atoms with Crippen LogP contribution in [0.15, 0.2) is 28.7 Å². The first-order valence-electron chi connectivity index (χ1n) is 6.10. The summed E-state index contributed by atoms with van der Waals surface area (Å²) in [7, 11) is -2.46. The maximum absolute atomic E-state index is 11.3. The fraction of sp³-hybridized carbons (Fsp3) is 0.167. The lowest BCUT2D eigenvalue weighted by Gasteiger charge is -2.08. The molecule has 0 aliphatic heterocycles. The molecule has 2 rings (SSSR count). The molecule has 0 aliphatic rings. The zero-order chi connectivity index (χ0) is 16.3. The molecule has 1 heterocycles. The minimum Gasteiger partial charge on any atom is -0.458 e. The second-order valence-corrected chi connectivity index (χ2v) is 5.68. The predicted octanol–water partition coefficient (Wildman–Crippen LogP) is 0.217. The molecule has 0 bridgehead atoms. The fourth-order valence-corrected chi connectivity index (χ4v) is 2.29. The van der Waals surface area contributed by atoms with Gasteiger partial charge in [-0.1, -0.05) is 0 Å². The monoisotopic (exact) mass is 326 g/mol. The number of fused-ring (bicyclic) bond motifs is 1. The Bertz CT molecular complexity index is 814. The van der Waals surface area contributed by atoms with Gasteiger partial charge in [0.2, 0.25) is 0 Å². The molecule has 118 valence electrons. The molecule has 2 amide bonds. The van der Waals surface area contributed by atoms with Crippen LogP contribution >= 0.6 is 0 Å². The molecule has 1 aromatic carbocycles. The van der Waals surface area contributed by atoms with Gasteiger partial charge in [-0.05, 0) is 24.3 Å². The number of rotatable bonds is 5. The van der Waals surface area contributed by atoms with Crippen molar-refractivity contribution in [3.05, 3.63) is 30.0 Å². The lowest BCUT2D eigenvalue weighted by Crippen LogP contribution is -2.36. The molecule has 0 radical (unpaired) electrons. The average molecular weight is 326 g/mol. The van der Waals surface area contributed by atoms with Crippen molar-refractivity contribution in [2.75, 3.05) is 11.8 Å². The van der Waals surface area contributed by atoms with Crippen molar-refractivity contribution >= 4 is 39.2 Å². The van der Waals surface area contributed by atoms with Crippen molar-refractivity contribution in [2.45, 2.75) is 6.04 Å². The van der Waals surface area contributed by atoms with E-state index in [2.05, 4.69) is 15.4 Å². The molecule has 5 N–H and O–H groups in total. The van der Waals surface area contributed by atoms with Gasteiger partial charge in [0.1, 0.15) is 23.7 Å². The number of urea groups is 1. The second-order valence-electron chi connectivity index (χ2n) is 4.39. The SMILES string of the molecule is CNC(=O)NC(C=O)c1cc2cc(NS(N)(=O)=O)ccc2o1. The number of aldehydes is 1. The van der Waals surface area contributed by atoms with E-state index in [0.717, 1.165) is 0 Å². The van der Waals surface area contributed by atoms with Crippen molar-refractivity contribution in [2.24, 2.45) is 5.14 Å². The molecule has 0 spiro atoms. The number of nitrogens with two attached hydrogens (primary N) is 1. The number of nitrogens with one attached hydrogen (secondary N) is 3. The number of carbonyl (C=O) groups is 2. The quantitative estimate of drug-likeness (QED) is 0.581. The molecule has 9 nitrogen and oxygen atoms in total. The molecular weight excluding hydrogens is 312 g/mol. The number of hydrogen-bond donors (Lipinski definition) is 4. The molecule has 1 aromatic heterocycles. The van der Waals surface area contributed by atoms with Gasteiger partial charge in [-0.2, -0.15) is 8.42 Å². The Kier molecular flexibility index (Phi) is 4.33. The number of furan rings is 1. The first-order chi connectivity index (χ1) is 10.3. The molecule has 0 saturated heterocycles. The fourth-order valence-electron chi connectivity index (χ4n) is 1.83. The third kappa shape index (κ3) is 3.74. The van der Waals surface area contributed by atoms with Crippen LogP contribution in [0, 0.1) is 0 Å². The van der Waals surface area contributed by atoms with Crippen molar-refractivity contribution in [1.82, 2.24) is 10.6 Å². The van der Waals surface area contributed by atoms with Crippen LogP contribution < -0.4 is 20.5 Å². The van der Waals surface area contributed by atoms with Crippen molar-refractivity contribution < 1.29 is 22.4 Å². The van der Waals surface area contributed by atoms with Gasteiger partial charge in [0, 0.05) is 12.4 Å². The minimum absolute atomic E-state index is 0.223. The van der Waals surface area contributed by atoms with E-state index >= 15 is 0 Å². The summed E-state index contributed by atoms with van der Waals surface area (Å²) < 4.78 is 29.6. The molecule has 10 heteroatoms. The molecule has 0 aliphatic carbocycles. The zero-order valence-corrected chi connectivity index (χ0v) is 12.3. The molecular formula is C12H14N4O5S. The van der Waals surface area contributed by atoms with E-state index in [-0.39, 0.29) is 11.4 Å². The summed E-state index contributed by atoms with van der Waals surface area (Å²) in [6.45, 7) is 0.